The Kier molecular flexibility index (Phi) is 3.96. The van der Waals surface area contributed by atoms with Gasteiger partial charge < -0.3 is 0 Å². The van der Waals surface area contributed by atoms with Crippen LogP contribution in [0.3, 0.4) is 0 Å². The molecule has 22 heavy (non-hydrogen) atoms. The molecule has 0 saturated carbocycles. The molecule has 4 nitrogen and oxygen atoms in total. The van der Waals surface area contributed by atoms with Crippen LogP contribution in [0.1, 0.15) is 16.1 Å². The van der Waals surface area contributed by atoms with Crippen molar-refractivity contribution in [3.63, 3.8) is 0 Å². The van der Waals surface area contributed by atoms with Gasteiger partial charge in [0.1, 0.15) is 11.5 Å². The third kappa shape index (κ3) is 3.20. The number of ketones is 1. The predicted octanol–water partition coefficient (Wildman–Crippen LogP) is 3.10. The van der Waals surface area contributed by atoms with E-state index in [1.165, 1.54) is 24.3 Å². The molecule has 3 rings (SSSR count). The highest BCUT2D eigenvalue weighted by molar-refractivity contribution is 5.97. The van der Waals surface area contributed by atoms with E-state index in [0.717, 1.165) is 5.69 Å². The lowest BCUT2D eigenvalue weighted by molar-refractivity contribution is 0.0992. The van der Waals surface area contributed by atoms with Gasteiger partial charge >= 0.3 is 0 Å². The second-order valence-electron chi connectivity index (χ2n) is 4.71. The quantitative estimate of drug-likeness (QED) is 0.694. The van der Waals surface area contributed by atoms with Crippen LogP contribution in [-0.2, 0) is 6.42 Å². The van der Waals surface area contributed by atoms with Crippen molar-refractivity contribution < 1.29 is 9.18 Å². The Hall–Kier alpha value is -2.95. The lowest BCUT2D eigenvalue weighted by Crippen LogP contribution is -2.05. The van der Waals surface area contributed by atoms with E-state index in [0.29, 0.717) is 17.0 Å². The van der Waals surface area contributed by atoms with E-state index in [-0.39, 0.29) is 18.0 Å². The maximum Gasteiger partial charge on any atom is 0.168 e. The van der Waals surface area contributed by atoms with Crippen LogP contribution in [-0.4, -0.2) is 20.7 Å². The summed E-state index contributed by atoms with van der Waals surface area (Å²) >= 11 is 0. The zero-order valence-corrected chi connectivity index (χ0v) is 11.6. The van der Waals surface area contributed by atoms with Crippen molar-refractivity contribution in [3.8, 4) is 11.4 Å². The molecule has 0 saturated heterocycles. The minimum Gasteiger partial charge on any atom is -0.294 e. The second-order valence-corrected chi connectivity index (χ2v) is 4.71. The van der Waals surface area contributed by atoms with Gasteiger partial charge in [0, 0.05) is 18.0 Å². The first kappa shape index (κ1) is 14.0. The maximum atomic E-state index is 12.8. The van der Waals surface area contributed by atoms with E-state index in [1.54, 1.807) is 18.6 Å². The number of halogens is 1. The maximum absolute atomic E-state index is 12.8. The molecule has 0 N–H and O–H groups in total. The van der Waals surface area contributed by atoms with Crippen LogP contribution in [0.5, 0.6) is 0 Å². The van der Waals surface area contributed by atoms with E-state index in [2.05, 4.69) is 15.0 Å². The van der Waals surface area contributed by atoms with E-state index < -0.39 is 0 Å². The summed E-state index contributed by atoms with van der Waals surface area (Å²) in [6.45, 7) is 0. The Bertz CT molecular complexity index is 771. The van der Waals surface area contributed by atoms with Gasteiger partial charge in [-0.3, -0.25) is 19.7 Å². The largest absolute Gasteiger partial charge is 0.294 e. The van der Waals surface area contributed by atoms with Gasteiger partial charge in [0.25, 0.3) is 0 Å². The number of hydrogen-bond acceptors (Lipinski definition) is 4. The van der Waals surface area contributed by atoms with Gasteiger partial charge in [-0.25, -0.2) is 4.39 Å². The molecule has 0 aliphatic carbocycles. The van der Waals surface area contributed by atoms with Gasteiger partial charge in [-0.15, -0.1) is 0 Å². The van der Waals surface area contributed by atoms with Crippen LogP contribution in [0.4, 0.5) is 4.39 Å². The summed E-state index contributed by atoms with van der Waals surface area (Å²) in [5, 5.41) is 0. The average molecular weight is 293 g/mol. The fourth-order valence-corrected chi connectivity index (χ4v) is 1.99. The van der Waals surface area contributed by atoms with Crippen molar-refractivity contribution in [3.05, 3.63) is 78.1 Å². The Labute approximate surface area is 126 Å². The summed E-state index contributed by atoms with van der Waals surface area (Å²) < 4.78 is 12.8. The van der Waals surface area contributed by atoms with Crippen LogP contribution in [0.15, 0.2) is 61.1 Å². The molecule has 108 valence electrons. The van der Waals surface area contributed by atoms with Gasteiger partial charge in [-0.1, -0.05) is 6.07 Å². The molecule has 2 heterocycles. The molecule has 0 radical (unpaired) electrons. The molecule has 0 spiro atoms. The van der Waals surface area contributed by atoms with Crippen LogP contribution in [0.2, 0.25) is 0 Å². The number of pyridine rings is 1. The molecule has 1 aromatic carbocycles. The van der Waals surface area contributed by atoms with Crippen LogP contribution in [0, 0.1) is 5.82 Å². The van der Waals surface area contributed by atoms with Crippen molar-refractivity contribution in [2.45, 2.75) is 6.42 Å². The van der Waals surface area contributed by atoms with E-state index >= 15 is 0 Å². The molecule has 5 heteroatoms. The number of rotatable bonds is 4. The summed E-state index contributed by atoms with van der Waals surface area (Å²) in [6.07, 6.45) is 4.96. The van der Waals surface area contributed by atoms with E-state index in [9.17, 15) is 9.18 Å². The van der Waals surface area contributed by atoms with Crippen LogP contribution in [0.25, 0.3) is 11.4 Å². The molecule has 0 bridgehead atoms. The fourth-order valence-electron chi connectivity index (χ4n) is 1.99. The Balaban J connectivity index is 1.73. The highest BCUT2D eigenvalue weighted by Gasteiger charge is 2.09. The fraction of sp³-hybridized carbons (Fsp3) is 0.0588. The first-order valence-corrected chi connectivity index (χ1v) is 6.73. The minimum atomic E-state index is -0.365. The van der Waals surface area contributed by atoms with Crippen LogP contribution >= 0.6 is 0 Å². The molecule has 0 amide bonds. The molecule has 0 unspecified atom stereocenters. The summed E-state index contributed by atoms with van der Waals surface area (Å²) in [4.78, 5) is 24.8. The third-order valence-corrected chi connectivity index (χ3v) is 3.14. The van der Waals surface area contributed by atoms with Gasteiger partial charge in [-0.05, 0) is 36.4 Å². The molecule has 2 aromatic heterocycles. The standard InChI is InChI=1S/C17H12FN3O/c18-13-6-4-12(5-7-13)17(22)9-14-10-21-16(11-20-14)15-3-1-2-8-19-15/h1-8,10-11H,9H2. The lowest BCUT2D eigenvalue weighted by Gasteiger charge is -2.03. The predicted molar refractivity (Wildman–Crippen MR) is 79.7 cm³/mol. The van der Waals surface area contributed by atoms with Gasteiger partial charge in [0.05, 0.1) is 24.0 Å². The Morgan fingerprint density at radius 3 is 2.36 bits per heavy atom. The molecule has 0 aliphatic rings. The number of benzene rings is 1. The van der Waals surface area contributed by atoms with Gasteiger partial charge in [0.15, 0.2) is 5.78 Å². The number of aromatic nitrogens is 3. The van der Waals surface area contributed by atoms with Crippen molar-refractivity contribution >= 4 is 5.78 Å². The van der Waals surface area contributed by atoms with Crippen molar-refractivity contribution in [1.29, 1.82) is 0 Å². The summed E-state index contributed by atoms with van der Waals surface area (Å²) in [7, 11) is 0. The average Bonchev–Trinajstić information content (AvgIpc) is 2.57. The summed E-state index contributed by atoms with van der Waals surface area (Å²) in [5.74, 6) is -0.490. The molecular formula is C17H12FN3O. The van der Waals surface area contributed by atoms with E-state index in [1.807, 2.05) is 18.2 Å². The van der Waals surface area contributed by atoms with Crippen molar-refractivity contribution in [2.75, 3.05) is 0 Å². The Morgan fingerprint density at radius 2 is 1.73 bits per heavy atom. The first-order valence-electron chi connectivity index (χ1n) is 6.73. The minimum absolute atomic E-state index is 0.125. The molecule has 0 aliphatic heterocycles. The third-order valence-electron chi connectivity index (χ3n) is 3.14. The van der Waals surface area contributed by atoms with Crippen molar-refractivity contribution in [2.24, 2.45) is 0 Å². The van der Waals surface area contributed by atoms with Gasteiger partial charge in [0.2, 0.25) is 0 Å². The highest BCUT2D eigenvalue weighted by atomic mass is 19.1. The Morgan fingerprint density at radius 1 is 0.909 bits per heavy atom. The second kappa shape index (κ2) is 6.22. The molecule has 0 fully saturated rings. The number of Topliss-reactive ketones (excluding diaryl/α,β-unsaturated/α-hetero) is 1. The first-order chi connectivity index (χ1) is 10.7. The SMILES string of the molecule is O=C(Cc1cnc(-c2ccccn2)cn1)c1ccc(F)cc1. The topological polar surface area (TPSA) is 55.7 Å². The molecule has 0 atom stereocenters. The van der Waals surface area contributed by atoms with Crippen molar-refractivity contribution in [1.82, 2.24) is 15.0 Å². The monoisotopic (exact) mass is 293 g/mol. The summed E-state index contributed by atoms with van der Waals surface area (Å²) in [5.41, 5.74) is 2.40. The zero-order chi connectivity index (χ0) is 15.4. The number of hydrogen-bond donors (Lipinski definition) is 0. The molecule has 3 aromatic rings. The highest BCUT2D eigenvalue weighted by Crippen LogP contribution is 2.13. The summed E-state index contributed by atoms with van der Waals surface area (Å²) in [6, 6.07) is 11.0. The number of carbonyl (C=O) groups excluding carboxylic acids is 1. The van der Waals surface area contributed by atoms with E-state index in [4.69, 9.17) is 0 Å². The number of carbonyl (C=O) groups is 1. The lowest BCUT2D eigenvalue weighted by atomic mass is 10.1. The van der Waals surface area contributed by atoms with Gasteiger partial charge in [-0.2, -0.15) is 0 Å². The molecular weight excluding hydrogens is 281 g/mol. The smallest absolute Gasteiger partial charge is 0.168 e. The normalized spacial score (nSPS) is 10.4. The number of nitrogens with zero attached hydrogens (tertiary/aromatic N) is 3. The zero-order valence-electron chi connectivity index (χ0n) is 11.6. The van der Waals surface area contributed by atoms with Crippen LogP contribution < -0.4 is 0 Å².